The summed E-state index contributed by atoms with van der Waals surface area (Å²) in [5.41, 5.74) is 0. The summed E-state index contributed by atoms with van der Waals surface area (Å²) in [5, 5.41) is 7.83. The molecule has 1 N–H and O–H groups in total. The van der Waals surface area contributed by atoms with Crippen molar-refractivity contribution in [2.45, 2.75) is 18.9 Å². The highest BCUT2D eigenvalue weighted by molar-refractivity contribution is 4.72. The van der Waals surface area contributed by atoms with Gasteiger partial charge in [0.25, 0.3) is 0 Å². The highest BCUT2D eigenvalue weighted by Crippen LogP contribution is 1.95. The largest absolute Gasteiger partial charge is 0.385 e. The second-order valence-electron chi connectivity index (χ2n) is 2.92. The van der Waals surface area contributed by atoms with Gasteiger partial charge in [-0.25, -0.2) is 5.32 Å². The van der Waals surface area contributed by atoms with Crippen molar-refractivity contribution >= 4 is 0 Å². The number of ether oxygens (including phenoxy) is 1. The van der Waals surface area contributed by atoms with E-state index in [2.05, 4.69) is 10.6 Å². The molecule has 3 heteroatoms. The van der Waals surface area contributed by atoms with Crippen LogP contribution in [0.15, 0.2) is 0 Å². The van der Waals surface area contributed by atoms with Crippen LogP contribution in [0.5, 0.6) is 0 Å². The zero-order chi connectivity index (χ0) is 7.94. The second-order valence-corrected chi connectivity index (χ2v) is 2.92. The number of nitrogens with one attached hydrogen (secondary N) is 1. The van der Waals surface area contributed by atoms with E-state index in [-0.39, 0.29) is 0 Å². The van der Waals surface area contributed by atoms with Crippen molar-refractivity contribution < 1.29 is 4.74 Å². The number of hydrogen-bond donors (Lipinski definition) is 1. The van der Waals surface area contributed by atoms with E-state index in [0.29, 0.717) is 6.04 Å². The SMILES string of the molecule is COCCC1C[N]CCCN1. The van der Waals surface area contributed by atoms with Crippen molar-refractivity contribution in [3.8, 4) is 0 Å². The van der Waals surface area contributed by atoms with E-state index in [1.165, 1.54) is 6.42 Å². The van der Waals surface area contributed by atoms with Gasteiger partial charge in [0.15, 0.2) is 0 Å². The van der Waals surface area contributed by atoms with Crippen molar-refractivity contribution in [2.24, 2.45) is 0 Å². The van der Waals surface area contributed by atoms with Crippen LogP contribution >= 0.6 is 0 Å². The van der Waals surface area contributed by atoms with E-state index >= 15 is 0 Å². The monoisotopic (exact) mass is 157 g/mol. The molecule has 11 heavy (non-hydrogen) atoms. The maximum absolute atomic E-state index is 5.00. The van der Waals surface area contributed by atoms with Crippen LogP contribution in [0.2, 0.25) is 0 Å². The predicted octanol–water partition coefficient (Wildman–Crippen LogP) is -0.0108. The molecule has 1 atom stereocenters. The van der Waals surface area contributed by atoms with Crippen LogP contribution in [-0.2, 0) is 4.74 Å². The molecule has 1 rings (SSSR count). The van der Waals surface area contributed by atoms with Crippen molar-refractivity contribution in [3.63, 3.8) is 0 Å². The second kappa shape index (κ2) is 5.52. The summed E-state index contributed by atoms with van der Waals surface area (Å²) in [7, 11) is 1.74. The Morgan fingerprint density at radius 3 is 3.36 bits per heavy atom. The minimum atomic E-state index is 0.553. The number of nitrogens with zero attached hydrogens (tertiary/aromatic N) is 1. The van der Waals surface area contributed by atoms with Gasteiger partial charge >= 0.3 is 0 Å². The number of methoxy groups -OCH3 is 1. The summed E-state index contributed by atoms with van der Waals surface area (Å²) < 4.78 is 5.00. The highest BCUT2D eigenvalue weighted by atomic mass is 16.5. The molecular weight excluding hydrogens is 140 g/mol. The van der Waals surface area contributed by atoms with Gasteiger partial charge < -0.3 is 10.1 Å². The van der Waals surface area contributed by atoms with Crippen LogP contribution < -0.4 is 10.6 Å². The minimum Gasteiger partial charge on any atom is -0.385 e. The number of rotatable bonds is 3. The Morgan fingerprint density at radius 1 is 1.64 bits per heavy atom. The molecule has 0 aromatic rings. The molecule has 1 saturated heterocycles. The van der Waals surface area contributed by atoms with Crippen LogP contribution in [0.3, 0.4) is 0 Å². The van der Waals surface area contributed by atoms with Gasteiger partial charge in [0.2, 0.25) is 0 Å². The molecule has 1 radical (unpaired) electrons. The molecule has 0 aromatic carbocycles. The van der Waals surface area contributed by atoms with Gasteiger partial charge in [-0.3, -0.25) is 0 Å². The Balaban J connectivity index is 2.09. The third kappa shape index (κ3) is 3.70. The maximum Gasteiger partial charge on any atom is 0.0477 e. The molecule has 0 bridgehead atoms. The van der Waals surface area contributed by atoms with Crippen LogP contribution in [-0.4, -0.2) is 39.4 Å². The Labute approximate surface area is 68.5 Å². The topological polar surface area (TPSA) is 35.4 Å². The molecule has 1 aliphatic rings. The summed E-state index contributed by atoms with van der Waals surface area (Å²) in [6.45, 7) is 3.94. The molecule has 0 saturated carbocycles. The van der Waals surface area contributed by atoms with Crippen LogP contribution in [0.1, 0.15) is 12.8 Å². The first-order chi connectivity index (χ1) is 5.43. The van der Waals surface area contributed by atoms with Crippen LogP contribution in [0, 0.1) is 0 Å². The fraction of sp³-hybridized carbons (Fsp3) is 1.00. The average molecular weight is 157 g/mol. The Bertz CT molecular complexity index is 90.1. The van der Waals surface area contributed by atoms with E-state index in [4.69, 9.17) is 4.74 Å². The normalized spacial score (nSPS) is 26.5. The molecule has 0 aliphatic carbocycles. The minimum absolute atomic E-state index is 0.553. The van der Waals surface area contributed by atoms with Crippen molar-refractivity contribution in [2.75, 3.05) is 33.4 Å². The van der Waals surface area contributed by atoms with Crippen molar-refractivity contribution in [1.29, 1.82) is 0 Å². The van der Waals surface area contributed by atoms with Crippen LogP contribution in [0.25, 0.3) is 0 Å². The summed E-state index contributed by atoms with van der Waals surface area (Å²) in [6, 6.07) is 0.553. The standard InChI is InChI=1S/C8H17N2O/c1-11-6-3-8-7-9-4-2-5-10-8/h8,10H,2-7H2,1H3. The molecule has 0 amide bonds. The maximum atomic E-state index is 5.00. The van der Waals surface area contributed by atoms with Gasteiger partial charge in [-0.2, -0.15) is 0 Å². The van der Waals surface area contributed by atoms with E-state index < -0.39 is 0 Å². The first-order valence-electron chi connectivity index (χ1n) is 4.29. The molecule has 1 heterocycles. The molecule has 3 nitrogen and oxygen atoms in total. The van der Waals surface area contributed by atoms with Gasteiger partial charge in [0.1, 0.15) is 0 Å². The van der Waals surface area contributed by atoms with Gasteiger partial charge in [0.05, 0.1) is 0 Å². The predicted molar refractivity (Wildman–Crippen MR) is 44.8 cm³/mol. The third-order valence-corrected chi connectivity index (χ3v) is 1.95. The molecule has 1 fully saturated rings. The lowest BCUT2D eigenvalue weighted by Gasteiger charge is -2.13. The summed E-state index contributed by atoms with van der Waals surface area (Å²) in [5.74, 6) is 0. The smallest absolute Gasteiger partial charge is 0.0477 e. The van der Waals surface area contributed by atoms with Gasteiger partial charge in [-0.1, -0.05) is 0 Å². The quantitative estimate of drug-likeness (QED) is 0.625. The average Bonchev–Trinajstić information content (AvgIpc) is 2.28. The molecule has 0 aromatic heterocycles. The van der Waals surface area contributed by atoms with Crippen molar-refractivity contribution in [1.82, 2.24) is 10.6 Å². The molecule has 1 aliphatic heterocycles. The first kappa shape index (κ1) is 8.97. The summed E-state index contributed by atoms with van der Waals surface area (Å²) in [6.07, 6.45) is 2.27. The molecule has 65 valence electrons. The van der Waals surface area contributed by atoms with E-state index in [1.807, 2.05) is 0 Å². The van der Waals surface area contributed by atoms with E-state index in [9.17, 15) is 0 Å². The first-order valence-corrected chi connectivity index (χ1v) is 4.29. The zero-order valence-corrected chi connectivity index (χ0v) is 7.18. The van der Waals surface area contributed by atoms with Crippen molar-refractivity contribution in [3.05, 3.63) is 0 Å². The Kier molecular flexibility index (Phi) is 4.50. The van der Waals surface area contributed by atoms with Crippen LogP contribution in [0.4, 0.5) is 0 Å². The fourth-order valence-electron chi connectivity index (χ4n) is 1.26. The zero-order valence-electron chi connectivity index (χ0n) is 7.18. The van der Waals surface area contributed by atoms with Gasteiger partial charge in [0, 0.05) is 32.8 Å². The lowest BCUT2D eigenvalue weighted by molar-refractivity contribution is 0.183. The number of hydrogen-bond acceptors (Lipinski definition) is 2. The Hall–Kier alpha value is -0.120. The van der Waals surface area contributed by atoms with Gasteiger partial charge in [-0.15, -0.1) is 0 Å². The third-order valence-electron chi connectivity index (χ3n) is 1.95. The van der Waals surface area contributed by atoms with E-state index in [1.54, 1.807) is 7.11 Å². The highest BCUT2D eigenvalue weighted by Gasteiger charge is 2.10. The summed E-state index contributed by atoms with van der Waals surface area (Å²) in [4.78, 5) is 0. The lowest BCUT2D eigenvalue weighted by Crippen LogP contribution is -2.34. The summed E-state index contributed by atoms with van der Waals surface area (Å²) >= 11 is 0. The lowest BCUT2D eigenvalue weighted by atomic mass is 10.2. The Morgan fingerprint density at radius 2 is 2.55 bits per heavy atom. The molecular formula is C8H17N2O. The van der Waals surface area contributed by atoms with E-state index in [0.717, 1.165) is 32.7 Å². The molecule has 0 spiro atoms. The fourth-order valence-corrected chi connectivity index (χ4v) is 1.26. The van der Waals surface area contributed by atoms with Gasteiger partial charge in [-0.05, 0) is 19.4 Å². The molecule has 1 unspecified atom stereocenters.